The predicted molar refractivity (Wildman–Crippen MR) is 103 cm³/mol. The zero-order chi connectivity index (χ0) is 18.3. The van der Waals surface area contributed by atoms with E-state index in [0.717, 1.165) is 62.5 Å². The highest BCUT2D eigenvalue weighted by Gasteiger charge is 2.14. The molecule has 2 aromatic heterocycles. The van der Waals surface area contributed by atoms with Gasteiger partial charge in [-0.05, 0) is 43.4 Å². The van der Waals surface area contributed by atoms with Gasteiger partial charge in [0.05, 0.1) is 18.2 Å². The van der Waals surface area contributed by atoms with Gasteiger partial charge in [-0.2, -0.15) is 4.98 Å². The normalized spacial score (nSPS) is 17.0. The van der Waals surface area contributed by atoms with Crippen molar-refractivity contribution in [1.29, 1.82) is 0 Å². The second kappa shape index (κ2) is 8.77. The molecule has 1 aliphatic heterocycles. The number of anilines is 1. The minimum Gasteiger partial charge on any atom is -0.379 e. The largest absolute Gasteiger partial charge is 0.379 e. The van der Waals surface area contributed by atoms with Gasteiger partial charge < -0.3 is 14.6 Å². The van der Waals surface area contributed by atoms with Crippen LogP contribution in [0.2, 0.25) is 0 Å². The summed E-state index contributed by atoms with van der Waals surface area (Å²) in [4.78, 5) is 8.96. The van der Waals surface area contributed by atoms with Crippen molar-refractivity contribution < 1.29 is 9.26 Å². The van der Waals surface area contributed by atoms with Crippen LogP contribution in [0.15, 0.2) is 53.2 Å². The van der Waals surface area contributed by atoms with Crippen molar-refractivity contribution >= 4 is 5.82 Å². The van der Waals surface area contributed by atoms with Crippen LogP contribution in [-0.2, 0) is 17.6 Å². The number of nitrogens with zero attached hydrogens (tertiary/aromatic N) is 3. The van der Waals surface area contributed by atoms with Gasteiger partial charge in [0.15, 0.2) is 5.82 Å². The van der Waals surface area contributed by atoms with Crippen LogP contribution in [0, 0.1) is 0 Å². The minimum absolute atomic E-state index is 0.330. The molecule has 1 saturated heterocycles. The van der Waals surface area contributed by atoms with E-state index in [1.165, 1.54) is 5.56 Å². The number of ether oxygens (including phenoxy) is 1. The number of hydrogen-bond donors (Lipinski definition) is 1. The summed E-state index contributed by atoms with van der Waals surface area (Å²) in [7, 11) is 0. The molecule has 1 N–H and O–H groups in total. The highest BCUT2D eigenvalue weighted by molar-refractivity contribution is 5.54. The van der Waals surface area contributed by atoms with Crippen molar-refractivity contribution in [2.45, 2.75) is 38.1 Å². The second-order valence-corrected chi connectivity index (χ2v) is 6.85. The van der Waals surface area contributed by atoms with Crippen molar-refractivity contribution in [3.05, 3.63) is 60.0 Å². The SMILES string of the molecule is c1ccc(CCCc2noc(-c3ccc(N[C@@H]4CCCOC4)nc3)n2)cc1. The molecule has 1 fully saturated rings. The quantitative estimate of drug-likeness (QED) is 0.685. The first-order valence-electron chi connectivity index (χ1n) is 9.54. The van der Waals surface area contributed by atoms with Gasteiger partial charge in [-0.3, -0.25) is 0 Å². The van der Waals surface area contributed by atoms with Crippen molar-refractivity contribution in [3.8, 4) is 11.5 Å². The van der Waals surface area contributed by atoms with E-state index in [-0.39, 0.29) is 0 Å². The Labute approximate surface area is 159 Å². The molecule has 3 heterocycles. The van der Waals surface area contributed by atoms with Crippen molar-refractivity contribution in [3.63, 3.8) is 0 Å². The van der Waals surface area contributed by atoms with Gasteiger partial charge in [-0.15, -0.1) is 0 Å². The molecule has 0 amide bonds. The maximum atomic E-state index is 5.49. The summed E-state index contributed by atoms with van der Waals surface area (Å²) in [6.45, 7) is 1.59. The molecule has 0 unspecified atom stereocenters. The van der Waals surface area contributed by atoms with Crippen LogP contribution in [0.25, 0.3) is 11.5 Å². The number of aromatic nitrogens is 3. The molecular weight excluding hydrogens is 340 g/mol. The fourth-order valence-electron chi connectivity index (χ4n) is 3.24. The van der Waals surface area contributed by atoms with E-state index in [2.05, 4.69) is 44.7 Å². The third-order valence-corrected chi connectivity index (χ3v) is 4.70. The first-order valence-corrected chi connectivity index (χ1v) is 9.54. The smallest absolute Gasteiger partial charge is 0.259 e. The van der Waals surface area contributed by atoms with Crippen LogP contribution in [0.3, 0.4) is 0 Å². The van der Waals surface area contributed by atoms with E-state index in [9.17, 15) is 0 Å². The summed E-state index contributed by atoms with van der Waals surface area (Å²) in [5, 5.41) is 7.50. The zero-order valence-electron chi connectivity index (χ0n) is 15.3. The molecule has 3 aromatic rings. The number of hydrogen-bond acceptors (Lipinski definition) is 6. The fourth-order valence-corrected chi connectivity index (χ4v) is 3.24. The van der Waals surface area contributed by atoms with Crippen molar-refractivity contribution in [2.75, 3.05) is 18.5 Å². The molecule has 6 nitrogen and oxygen atoms in total. The van der Waals surface area contributed by atoms with Crippen LogP contribution in [0.4, 0.5) is 5.82 Å². The van der Waals surface area contributed by atoms with E-state index in [0.29, 0.717) is 11.9 Å². The van der Waals surface area contributed by atoms with E-state index >= 15 is 0 Å². The lowest BCUT2D eigenvalue weighted by atomic mass is 10.1. The monoisotopic (exact) mass is 364 g/mol. The Balaban J connectivity index is 1.31. The van der Waals surface area contributed by atoms with E-state index < -0.39 is 0 Å². The van der Waals surface area contributed by atoms with Gasteiger partial charge in [0, 0.05) is 19.2 Å². The molecule has 0 bridgehead atoms. The van der Waals surface area contributed by atoms with E-state index in [1.807, 2.05) is 18.2 Å². The first kappa shape index (κ1) is 17.7. The second-order valence-electron chi connectivity index (χ2n) is 6.85. The number of pyridine rings is 1. The number of aryl methyl sites for hydroxylation is 2. The predicted octanol–water partition coefficient (Wildman–Crippen LogP) is 3.90. The van der Waals surface area contributed by atoms with Gasteiger partial charge in [-0.25, -0.2) is 4.98 Å². The maximum Gasteiger partial charge on any atom is 0.259 e. The molecule has 0 radical (unpaired) electrons. The fraction of sp³-hybridized carbons (Fsp3) is 0.381. The maximum absolute atomic E-state index is 5.49. The molecular formula is C21H24N4O2. The highest BCUT2D eigenvalue weighted by Crippen LogP contribution is 2.19. The number of benzene rings is 1. The third-order valence-electron chi connectivity index (χ3n) is 4.70. The lowest BCUT2D eigenvalue weighted by Gasteiger charge is -2.23. The van der Waals surface area contributed by atoms with Crippen LogP contribution >= 0.6 is 0 Å². The molecule has 4 rings (SSSR count). The van der Waals surface area contributed by atoms with Gasteiger partial charge in [-0.1, -0.05) is 35.5 Å². The molecule has 6 heteroatoms. The standard InChI is InChI=1S/C21H24N4O2/c1-2-6-16(7-3-1)8-4-10-20-24-21(27-25-20)17-11-12-19(22-14-17)23-18-9-5-13-26-15-18/h1-3,6-7,11-12,14,18H,4-5,8-10,13,15H2,(H,22,23)/t18-/m1/s1. The average Bonchev–Trinajstić information content (AvgIpc) is 3.19. The van der Waals surface area contributed by atoms with Gasteiger partial charge in [0.2, 0.25) is 0 Å². The van der Waals surface area contributed by atoms with Crippen LogP contribution in [0.1, 0.15) is 30.7 Å². The molecule has 1 atom stereocenters. The zero-order valence-corrected chi connectivity index (χ0v) is 15.3. The first-order chi connectivity index (χ1) is 13.4. The summed E-state index contributed by atoms with van der Waals surface area (Å²) in [6.07, 6.45) is 6.77. The number of rotatable bonds is 7. The van der Waals surface area contributed by atoms with Crippen molar-refractivity contribution in [1.82, 2.24) is 15.1 Å². The molecule has 0 saturated carbocycles. The Morgan fingerprint density at radius 3 is 2.78 bits per heavy atom. The van der Waals surface area contributed by atoms with E-state index in [1.54, 1.807) is 6.20 Å². The molecule has 0 aliphatic carbocycles. The Morgan fingerprint density at radius 2 is 2.00 bits per heavy atom. The average molecular weight is 364 g/mol. The highest BCUT2D eigenvalue weighted by atomic mass is 16.5. The summed E-state index contributed by atoms with van der Waals surface area (Å²) in [6, 6.07) is 14.7. The summed E-state index contributed by atoms with van der Waals surface area (Å²) in [5.41, 5.74) is 2.17. The van der Waals surface area contributed by atoms with Crippen LogP contribution in [0.5, 0.6) is 0 Å². The molecule has 140 valence electrons. The van der Waals surface area contributed by atoms with Crippen molar-refractivity contribution in [2.24, 2.45) is 0 Å². The Kier molecular flexibility index (Phi) is 5.74. The summed E-state index contributed by atoms with van der Waals surface area (Å²) >= 11 is 0. The van der Waals surface area contributed by atoms with Gasteiger partial charge >= 0.3 is 0 Å². The Hall–Kier alpha value is -2.73. The molecule has 1 aliphatic rings. The van der Waals surface area contributed by atoms with Gasteiger partial charge in [0.1, 0.15) is 5.82 Å². The lowest BCUT2D eigenvalue weighted by molar-refractivity contribution is 0.0875. The molecule has 1 aromatic carbocycles. The minimum atomic E-state index is 0.330. The topological polar surface area (TPSA) is 73.1 Å². The Bertz CT molecular complexity index is 827. The van der Waals surface area contributed by atoms with Gasteiger partial charge in [0.25, 0.3) is 5.89 Å². The van der Waals surface area contributed by atoms with Crippen LogP contribution in [-0.4, -0.2) is 34.4 Å². The van der Waals surface area contributed by atoms with Crippen LogP contribution < -0.4 is 5.32 Å². The van der Waals surface area contributed by atoms with E-state index in [4.69, 9.17) is 9.26 Å². The number of nitrogens with one attached hydrogen (secondary N) is 1. The summed E-state index contributed by atoms with van der Waals surface area (Å²) in [5.74, 6) is 2.10. The summed E-state index contributed by atoms with van der Waals surface area (Å²) < 4.78 is 10.9. The Morgan fingerprint density at radius 1 is 1.07 bits per heavy atom. The molecule has 0 spiro atoms. The lowest BCUT2D eigenvalue weighted by Crippen LogP contribution is -2.30. The third kappa shape index (κ3) is 4.92. The molecule has 27 heavy (non-hydrogen) atoms.